The molecule has 2 rings (SSSR count). The van der Waals surface area contributed by atoms with Crippen LogP contribution in [-0.2, 0) is 6.42 Å². The van der Waals surface area contributed by atoms with E-state index in [1.54, 1.807) is 18.1 Å². The summed E-state index contributed by atoms with van der Waals surface area (Å²) in [5.74, 6) is 0.811. The van der Waals surface area contributed by atoms with E-state index in [1.165, 1.54) is 11.3 Å². The molecule has 1 aromatic heterocycles. The molecular formula is C16H20N2O2S. The molecule has 0 saturated carbocycles. The Labute approximate surface area is 129 Å². The maximum atomic E-state index is 12.4. The number of amides is 1. The minimum absolute atomic E-state index is 0.0371. The number of likely N-dealkylation sites (N-methyl/N-ethyl adjacent to an activating group) is 1. The van der Waals surface area contributed by atoms with Crippen LogP contribution in [-0.4, -0.2) is 31.0 Å². The van der Waals surface area contributed by atoms with Gasteiger partial charge in [0, 0.05) is 13.1 Å². The second kappa shape index (κ2) is 6.63. The van der Waals surface area contributed by atoms with Crippen LogP contribution in [0.25, 0.3) is 0 Å². The minimum atomic E-state index is -0.0371. The predicted octanol–water partition coefficient (Wildman–Crippen LogP) is 3.04. The van der Waals surface area contributed by atoms with Crippen LogP contribution in [0, 0.1) is 0 Å². The Balaban J connectivity index is 2.11. The lowest BCUT2D eigenvalue weighted by Gasteiger charge is -2.25. The van der Waals surface area contributed by atoms with Gasteiger partial charge in [-0.2, -0.15) is 0 Å². The van der Waals surface area contributed by atoms with E-state index in [0.717, 1.165) is 17.7 Å². The van der Waals surface area contributed by atoms with Crippen LogP contribution in [0.2, 0.25) is 0 Å². The monoisotopic (exact) mass is 304 g/mol. The molecule has 0 saturated heterocycles. The van der Waals surface area contributed by atoms with Crippen LogP contribution >= 0.6 is 11.3 Å². The number of thiophene rings is 1. The third kappa shape index (κ3) is 3.36. The van der Waals surface area contributed by atoms with Crippen LogP contribution in [0.5, 0.6) is 5.75 Å². The number of nitrogens with zero attached hydrogens (tertiary/aromatic N) is 1. The largest absolute Gasteiger partial charge is 0.496 e. The van der Waals surface area contributed by atoms with Gasteiger partial charge in [-0.15, -0.1) is 11.3 Å². The first-order valence-electron chi connectivity index (χ1n) is 6.76. The Kier molecular flexibility index (Phi) is 4.85. The topological polar surface area (TPSA) is 55.6 Å². The van der Waals surface area contributed by atoms with E-state index in [1.807, 2.05) is 43.6 Å². The maximum absolute atomic E-state index is 12.4. The molecule has 2 aromatic rings. The second-order valence-corrected chi connectivity index (χ2v) is 5.90. The van der Waals surface area contributed by atoms with Gasteiger partial charge in [-0.05, 0) is 36.4 Å². The molecular weight excluding hydrogens is 284 g/mol. The number of methoxy groups -OCH3 is 1. The molecule has 1 aromatic carbocycles. The highest BCUT2D eigenvalue weighted by Crippen LogP contribution is 2.24. The van der Waals surface area contributed by atoms with Gasteiger partial charge < -0.3 is 15.4 Å². The summed E-state index contributed by atoms with van der Waals surface area (Å²) in [6.45, 7) is 2.02. The number of rotatable bonds is 5. The summed E-state index contributed by atoms with van der Waals surface area (Å²) in [6, 6.07) is 9.68. The Morgan fingerprint density at radius 3 is 2.71 bits per heavy atom. The number of nitrogens with two attached hydrogens (primary N) is 1. The molecule has 0 aliphatic rings. The minimum Gasteiger partial charge on any atom is -0.496 e. The molecule has 0 fully saturated rings. The van der Waals surface area contributed by atoms with E-state index < -0.39 is 0 Å². The number of ether oxygens (including phenoxy) is 1. The summed E-state index contributed by atoms with van der Waals surface area (Å²) in [6.07, 6.45) is 0.734. The molecule has 0 bridgehead atoms. The van der Waals surface area contributed by atoms with Gasteiger partial charge in [-0.3, -0.25) is 4.79 Å². The highest BCUT2D eigenvalue weighted by atomic mass is 32.1. The standard InChI is InChI=1S/C16H20N2O2S/c1-11(10-12-6-4-5-7-14(12)20-3)18(2)16(19)15-13(17)8-9-21-15/h4-9,11H,10,17H2,1-3H3. The quantitative estimate of drug-likeness (QED) is 0.923. The molecule has 1 amide bonds. The molecule has 5 heteroatoms. The molecule has 1 heterocycles. The van der Waals surface area contributed by atoms with Gasteiger partial charge in [0.25, 0.3) is 5.91 Å². The second-order valence-electron chi connectivity index (χ2n) is 4.99. The van der Waals surface area contributed by atoms with E-state index in [2.05, 4.69) is 0 Å². The van der Waals surface area contributed by atoms with Gasteiger partial charge in [0.1, 0.15) is 10.6 Å². The molecule has 1 unspecified atom stereocenters. The number of carbonyl (C=O) groups excluding carboxylic acids is 1. The van der Waals surface area contributed by atoms with Crippen molar-refractivity contribution in [2.24, 2.45) is 0 Å². The first kappa shape index (κ1) is 15.4. The fourth-order valence-corrected chi connectivity index (χ4v) is 2.98. The number of hydrogen-bond acceptors (Lipinski definition) is 4. The van der Waals surface area contributed by atoms with Crippen LogP contribution in [0.4, 0.5) is 5.69 Å². The SMILES string of the molecule is COc1ccccc1CC(C)N(C)C(=O)c1sccc1N. The van der Waals surface area contributed by atoms with Crippen molar-refractivity contribution >= 4 is 22.9 Å². The average molecular weight is 304 g/mol. The third-order valence-electron chi connectivity index (χ3n) is 3.58. The number of nitrogen functional groups attached to an aromatic ring is 1. The summed E-state index contributed by atoms with van der Waals surface area (Å²) >= 11 is 1.38. The summed E-state index contributed by atoms with van der Waals surface area (Å²) in [4.78, 5) is 14.8. The number of para-hydroxylation sites is 1. The average Bonchev–Trinajstić information content (AvgIpc) is 2.92. The zero-order chi connectivity index (χ0) is 15.4. The lowest BCUT2D eigenvalue weighted by molar-refractivity contribution is 0.0749. The van der Waals surface area contributed by atoms with E-state index in [9.17, 15) is 4.79 Å². The van der Waals surface area contributed by atoms with Crippen LogP contribution < -0.4 is 10.5 Å². The van der Waals surface area contributed by atoms with E-state index >= 15 is 0 Å². The zero-order valence-corrected chi connectivity index (χ0v) is 13.3. The molecule has 112 valence electrons. The number of anilines is 1. The first-order valence-corrected chi connectivity index (χ1v) is 7.64. The number of benzene rings is 1. The Morgan fingerprint density at radius 2 is 2.10 bits per heavy atom. The van der Waals surface area contributed by atoms with Crippen molar-refractivity contribution in [3.63, 3.8) is 0 Å². The lowest BCUT2D eigenvalue weighted by Crippen LogP contribution is -2.36. The molecule has 0 aliphatic heterocycles. The van der Waals surface area contributed by atoms with Crippen molar-refractivity contribution < 1.29 is 9.53 Å². The third-order valence-corrected chi connectivity index (χ3v) is 4.50. The Bertz CT molecular complexity index is 624. The van der Waals surface area contributed by atoms with Crippen LogP contribution in [0.3, 0.4) is 0 Å². The Morgan fingerprint density at radius 1 is 1.38 bits per heavy atom. The van der Waals surface area contributed by atoms with Gasteiger partial charge in [0.2, 0.25) is 0 Å². The first-order chi connectivity index (χ1) is 10.0. The summed E-state index contributed by atoms with van der Waals surface area (Å²) < 4.78 is 5.36. The van der Waals surface area contributed by atoms with Crippen molar-refractivity contribution in [1.29, 1.82) is 0 Å². The van der Waals surface area contributed by atoms with Crippen molar-refractivity contribution in [3.8, 4) is 5.75 Å². The summed E-state index contributed by atoms with van der Waals surface area (Å²) in [5.41, 5.74) is 7.45. The maximum Gasteiger partial charge on any atom is 0.266 e. The van der Waals surface area contributed by atoms with Crippen molar-refractivity contribution in [1.82, 2.24) is 4.90 Å². The van der Waals surface area contributed by atoms with Gasteiger partial charge in [-0.25, -0.2) is 0 Å². The smallest absolute Gasteiger partial charge is 0.266 e. The number of hydrogen-bond donors (Lipinski definition) is 1. The van der Waals surface area contributed by atoms with Crippen molar-refractivity contribution in [2.75, 3.05) is 19.9 Å². The molecule has 0 spiro atoms. The summed E-state index contributed by atoms with van der Waals surface area (Å²) in [5, 5.41) is 1.83. The van der Waals surface area contributed by atoms with Gasteiger partial charge in [0.15, 0.2) is 0 Å². The molecule has 1 atom stereocenters. The highest BCUT2D eigenvalue weighted by Gasteiger charge is 2.21. The number of carbonyl (C=O) groups is 1. The Hall–Kier alpha value is -2.01. The van der Waals surface area contributed by atoms with E-state index in [-0.39, 0.29) is 11.9 Å². The van der Waals surface area contributed by atoms with Gasteiger partial charge >= 0.3 is 0 Å². The molecule has 4 nitrogen and oxygen atoms in total. The fourth-order valence-electron chi connectivity index (χ4n) is 2.18. The molecule has 0 aliphatic carbocycles. The van der Waals surface area contributed by atoms with Crippen molar-refractivity contribution in [3.05, 3.63) is 46.2 Å². The van der Waals surface area contributed by atoms with Gasteiger partial charge in [0.05, 0.1) is 12.8 Å². The normalized spacial score (nSPS) is 12.0. The highest BCUT2D eigenvalue weighted by molar-refractivity contribution is 7.12. The lowest BCUT2D eigenvalue weighted by atomic mass is 10.0. The van der Waals surface area contributed by atoms with Crippen LogP contribution in [0.1, 0.15) is 22.2 Å². The van der Waals surface area contributed by atoms with E-state index in [0.29, 0.717) is 10.6 Å². The van der Waals surface area contributed by atoms with Crippen molar-refractivity contribution in [2.45, 2.75) is 19.4 Å². The molecule has 0 radical (unpaired) electrons. The van der Waals surface area contributed by atoms with Gasteiger partial charge in [-0.1, -0.05) is 18.2 Å². The molecule has 21 heavy (non-hydrogen) atoms. The fraction of sp³-hybridized carbons (Fsp3) is 0.312. The van der Waals surface area contributed by atoms with Crippen LogP contribution in [0.15, 0.2) is 35.7 Å². The summed E-state index contributed by atoms with van der Waals surface area (Å²) in [7, 11) is 3.46. The zero-order valence-electron chi connectivity index (χ0n) is 12.5. The predicted molar refractivity (Wildman–Crippen MR) is 87.0 cm³/mol. The molecule has 2 N–H and O–H groups in total. The van der Waals surface area contributed by atoms with E-state index in [4.69, 9.17) is 10.5 Å².